The summed E-state index contributed by atoms with van der Waals surface area (Å²) < 4.78 is 4.82. The van der Waals surface area contributed by atoms with Crippen molar-refractivity contribution in [1.29, 1.82) is 0 Å². The quantitative estimate of drug-likeness (QED) is 0.439. The highest BCUT2D eigenvalue weighted by Gasteiger charge is 2.11. The van der Waals surface area contributed by atoms with E-state index in [-0.39, 0.29) is 24.6 Å². The van der Waals surface area contributed by atoms with Gasteiger partial charge < -0.3 is 4.74 Å². The normalized spacial score (nSPS) is 14.3. The van der Waals surface area contributed by atoms with Gasteiger partial charge in [0.25, 0.3) is 0 Å². The monoisotopic (exact) mass is 287 g/mol. The van der Waals surface area contributed by atoms with Gasteiger partial charge in [-0.15, -0.1) is 0 Å². The van der Waals surface area contributed by atoms with Gasteiger partial charge in [-0.25, -0.2) is 0 Å². The molecule has 0 atom stereocenters. The van der Waals surface area contributed by atoms with Gasteiger partial charge in [0.2, 0.25) is 0 Å². The SMILES string of the molecule is CCOC(=O)CCC(=O)c1ccc(CN2CC=CC2)cc1. The Morgan fingerprint density at radius 3 is 2.38 bits per heavy atom. The van der Waals surface area contributed by atoms with Crippen molar-refractivity contribution in [3.63, 3.8) is 0 Å². The first-order valence-corrected chi connectivity index (χ1v) is 7.34. The Hall–Kier alpha value is -1.94. The largest absolute Gasteiger partial charge is 0.466 e. The fraction of sp³-hybridized carbons (Fsp3) is 0.412. The minimum atomic E-state index is -0.316. The van der Waals surface area contributed by atoms with Gasteiger partial charge in [-0.1, -0.05) is 36.4 Å². The number of esters is 1. The molecule has 0 saturated heterocycles. The molecule has 1 aliphatic heterocycles. The van der Waals surface area contributed by atoms with Crippen molar-refractivity contribution < 1.29 is 14.3 Å². The maximum atomic E-state index is 12.0. The number of nitrogens with zero attached hydrogens (tertiary/aromatic N) is 1. The van der Waals surface area contributed by atoms with Crippen LogP contribution >= 0.6 is 0 Å². The Morgan fingerprint density at radius 1 is 1.10 bits per heavy atom. The molecule has 112 valence electrons. The van der Waals surface area contributed by atoms with Gasteiger partial charge in [0, 0.05) is 31.6 Å². The number of Topliss-reactive ketones (excluding diaryl/α,β-unsaturated/α-hetero) is 1. The van der Waals surface area contributed by atoms with Crippen LogP contribution in [-0.2, 0) is 16.1 Å². The molecule has 4 heteroatoms. The molecule has 0 amide bonds. The summed E-state index contributed by atoms with van der Waals surface area (Å²) in [5, 5.41) is 0. The molecule has 21 heavy (non-hydrogen) atoms. The summed E-state index contributed by atoms with van der Waals surface area (Å²) in [5.74, 6) is -0.332. The zero-order chi connectivity index (χ0) is 15.1. The summed E-state index contributed by atoms with van der Waals surface area (Å²) in [5.41, 5.74) is 1.85. The lowest BCUT2D eigenvalue weighted by atomic mass is 10.0. The van der Waals surface area contributed by atoms with E-state index in [1.54, 1.807) is 6.92 Å². The fourth-order valence-corrected chi connectivity index (χ4v) is 2.30. The number of carbonyl (C=O) groups excluding carboxylic acids is 2. The lowest BCUT2D eigenvalue weighted by molar-refractivity contribution is -0.143. The Labute approximate surface area is 125 Å². The van der Waals surface area contributed by atoms with Crippen molar-refractivity contribution in [2.24, 2.45) is 0 Å². The Bertz CT molecular complexity index is 511. The molecule has 0 aliphatic carbocycles. The van der Waals surface area contributed by atoms with E-state index >= 15 is 0 Å². The molecular weight excluding hydrogens is 266 g/mol. The van der Waals surface area contributed by atoms with Gasteiger partial charge in [-0.2, -0.15) is 0 Å². The van der Waals surface area contributed by atoms with E-state index in [4.69, 9.17) is 4.74 Å². The summed E-state index contributed by atoms with van der Waals surface area (Å²) in [4.78, 5) is 25.5. The van der Waals surface area contributed by atoms with Crippen molar-refractivity contribution in [2.45, 2.75) is 26.3 Å². The molecule has 2 rings (SSSR count). The molecule has 0 aromatic heterocycles. The zero-order valence-corrected chi connectivity index (χ0v) is 12.4. The molecule has 0 spiro atoms. The predicted molar refractivity (Wildman–Crippen MR) is 81.1 cm³/mol. The summed E-state index contributed by atoms with van der Waals surface area (Å²) in [6.45, 7) is 4.98. The van der Waals surface area contributed by atoms with Crippen molar-refractivity contribution in [3.8, 4) is 0 Å². The minimum absolute atomic E-state index is 0.0163. The number of hydrogen-bond acceptors (Lipinski definition) is 4. The average molecular weight is 287 g/mol. The molecule has 0 bridgehead atoms. The summed E-state index contributed by atoms with van der Waals surface area (Å²) >= 11 is 0. The third-order valence-electron chi connectivity index (χ3n) is 3.44. The zero-order valence-electron chi connectivity index (χ0n) is 12.4. The van der Waals surface area contributed by atoms with E-state index in [1.165, 1.54) is 5.56 Å². The van der Waals surface area contributed by atoms with Gasteiger partial charge in [-0.05, 0) is 12.5 Å². The summed E-state index contributed by atoms with van der Waals surface area (Å²) in [7, 11) is 0. The van der Waals surface area contributed by atoms with E-state index in [1.807, 2.05) is 24.3 Å². The minimum Gasteiger partial charge on any atom is -0.466 e. The Balaban J connectivity index is 1.83. The Morgan fingerprint density at radius 2 is 1.76 bits per heavy atom. The van der Waals surface area contributed by atoms with Gasteiger partial charge in [0.15, 0.2) is 5.78 Å². The smallest absolute Gasteiger partial charge is 0.306 e. The van der Waals surface area contributed by atoms with Gasteiger partial charge >= 0.3 is 5.97 Å². The van der Waals surface area contributed by atoms with Crippen LogP contribution in [0.25, 0.3) is 0 Å². The van der Waals surface area contributed by atoms with Crippen LogP contribution in [0.4, 0.5) is 0 Å². The number of rotatable bonds is 7. The van der Waals surface area contributed by atoms with Crippen LogP contribution in [0.1, 0.15) is 35.7 Å². The lowest BCUT2D eigenvalue weighted by Gasteiger charge is -2.14. The molecule has 0 fully saturated rings. The molecule has 1 aromatic rings. The first-order valence-electron chi connectivity index (χ1n) is 7.34. The maximum absolute atomic E-state index is 12.0. The number of benzene rings is 1. The van der Waals surface area contributed by atoms with Crippen LogP contribution in [0.3, 0.4) is 0 Å². The first kappa shape index (κ1) is 15.4. The Kier molecular flexibility index (Phi) is 5.69. The highest BCUT2D eigenvalue weighted by molar-refractivity contribution is 5.97. The third kappa shape index (κ3) is 4.83. The van der Waals surface area contributed by atoms with Crippen molar-refractivity contribution in [1.82, 2.24) is 4.90 Å². The molecule has 4 nitrogen and oxygen atoms in total. The number of ketones is 1. The van der Waals surface area contributed by atoms with E-state index < -0.39 is 0 Å². The molecule has 0 saturated carbocycles. The summed E-state index contributed by atoms with van der Waals surface area (Å²) in [6, 6.07) is 7.64. The van der Waals surface area contributed by atoms with E-state index in [9.17, 15) is 9.59 Å². The van der Waals surface area contributed by atoms with Crippen LogP contribution in [-0.4, -0.2) is 36.3 Å². The molecule has 0 radical (unpaired) electrons. The fourth-order valence-electron chi connectivity index (χ4n) is 2.30. The van der Waals surface area contributed by atoms with E-state index in [2.05, 4.69) is 17.1 Å². The van der Waals surface area contributed by atoms with Crippen LogP contribution < -0.4 is 0 Å². The number of ether oxygens (including phenoxy) is 1. The van der Waals surface area contributed by atoms with Crippen LogP contribution in [0.2, 0.25) is 0 Å². The molecule has 1 aromatic carbocycles. The second-order valence-corrected chi connectivity index (χ2v) is 5.09. The summed E-state index contributed by atoms with van der Waals surface area (Å²) in [6.07, 6.45) is 4.67. The third-order valence-corrected chi connectivity index (χ3v) is 3.44. The standard InChI is InChI=1S/C17H21NO3/c1-2-21-17(20)10-9-16(19)15-7-5-14(6-8-15)13-18-11-3-4-12-18/h3-8H,2,9-13H2,1H3. The molecular formula is C17H21NO3. The maximum Gasteiger partial charge on any atom is 0.306 e. The van der Waals surface area contributed by atoms with Crippen molar-refractivity contribution in [3.05, 3.63) is 47.5 Å². The molecule has 1 heterocycles. The lowest BCUT2D eigenvalue weighted by Crippen LogP contribution is -2.19. The van der Waals surface area contributed by atoms with Crippen molar-refractivity contribution in [2.75, 3.05) is 19.7 Å². The molecule has 1 aliphatic rings. The van der Waals surface area contributed by atoms with Crippen LogP contribution in [0.5, 0.6) is 0 Å². The van der Waals surface area contributed by atoms with Crippen molar-refractivity contribution >= 4 is 11.8 Å². The second kappa shape index (κ2) is 7.74. The highest BCUT2D eigenvalue weighted by Crippen LogP contribution is 2.12. The van der Waals surface area contributed by atoms with Crippen LogP contribution in [0.15, 0.2) is 36.4 Å². The van der Waals surface area contributed by atoms with E-state index in [0.717, 1.165) is 19.6 Å². The topological polar surface area (TPSA) is 46.6 Å². The first-order chi connectivity index (χ1) is 10.2. The van der Waals surface area contributed by atoms with Gasteiger partial charge in [-0.3, -0.25) is 14.5 Å². The molecule has 0 N–H and O–H groups in total. The van der Waals surface area contributed by atoms with Gasteiger partial charge in [0.1, 0.15) is 0 Å². The predicted octanol–water partition coefficient (Wildman–Crippen LogP) is 2.58. The van der Waals surface area contributed by atoms with E-state index in [0.29, 0.717) is 12.2 Å². The number of carbonyl (C=O) groups is 2. The van der Waals surface area contributed by atoms with Crippen LogP contribution in [0, 0.1) is 0 Å². The average Bonchev–Trinajstić information content (AvgIpc) is 2.99. The highest BCUT2D eigenvalue weighted by atomic mass is 16.5. The van der Waals surface area contributed by atoms with Gasteiger partial charge in [0.05, 0.1) is 13.0 Å². The molecule has 0 unspecified atom stereocenters. The second-order valence-electron chi connectivity index (χ2n) is 5.09. The number of hydrogen-bond donors (Lipinski definition) is 0.